The fraction of sp³-hybridized carbons (Fsp3) is 0.867. The van der Waals surface area contributed by atoms with Gasteiger partial charge in [0.15, 0.2) is 0 Å². The molecule has 0 radical (unpaired) electrons. The first-order valence-electron chi connectivity index (χ1n) is 7.35. The highest BCUT2D eigenvalue weighted by atomic mass is 16.7. The Bertz CT molecular complexity index is 381. The van der Waals surface area contributed by atoms with Crippen molar-refractivity contribution in [3.8, 4) is 0 Å². The molecule has 18 heavy (non-hydrogen) atoms. The van der Waals surface area contributed by atoms with Gasteiger partial charge in [-0.2, -0.15) is 0 Å². The van der Waals surface area contributed by atoms with Crippen molar-refractivity contribution < 1.29 is 9.31 Å². The molecule has 3 aliphatic rings. The van der Waals surface area contributed by atoms with Crippen LogP contribution in [0.2, 0.25) is 6.32 Å². The van der Waals surface area contributed by atoms with Crippen molar-refractivity contribution in [1.82, 2.24) is 0 Å². The molecule has 0 aromatic heterocycles. The Kier molecular flexibility index (Phi) is 2.73. The molecule has 2 bridgehead atoms. The third-order valence-corrected chi connectivity index (χ3v) is 5.73. The van der Waals surface area contributed by atoms with Crippen LogP contribution in [0.15, 0.2) is 11.1 Å². The van der Waals surface area contributed by atoms with Crippen LogP contribution in [-0.2, 0) is 9.31 Å². The van der Waals surface area contributed by atoms with Gasteiger partial charge in [0.1, 0.15) is 0 Å². The van der Waals surface area contributed by atoms with Gasteiger partial charge in [-0.3, -0.25) is 0 Å². The zero-order valence-corrected chi connectivity index (χ0v) is 12.4. The highest BCUT2D eigenvalue weighted by Gasteiger charge is 2.52. The van der Waals surface area contributed by atoms with Crippen molar-refractivity contribution >= 4 is 7.12 Å². The minimum Gasteiger partial charge on any atom is -0.403 e. The molecule has 1 saturated heterocycles. The normalized spacial score (nSPS) is 36.8. The van der Waals surface area contributed by atoms with Crippen molar-refractivity contribution in [3.05, 3.63) is 11.1 Å². The largest absolute Gasteiger partial charge is 0.462 e. The van der Waals surface area contributed by atoms with Crippen LogP contribution in [0.1, 0.15) is 53.9 Å². The molecular formula is C15H25BO2. The van der Waals surface area contributed by atoms with Crippen LogP contribution in [-0.4, -0.2) is 18.3 Å². The Morgan fingerprint density at radius 1 is 1.06 bits per heavy atom. The molecule has 0 spiro atoms. The molecule has 2 fully saturated rings. The van der Waals surface area contributed by atoms with Crippen LogP contribution in [0.3, 0.4) is 0 Å². The summed E-state index contributed by atoms with van der Waals surface area (Å²) in [4.78, 5) is 0. The second-order valence-corrected chi connectivity index (χ2v) is 7.31. The highest BCUT2D eigenvalue weighted by Crippen LogP contribution is 2.51. The summed E-state index contributed by atoms with van der Waals surface area (Å²) in [5.74, 6) is 1.70. The van der Waals surface area contributed by atoms with Gasteiger partial charge in [0.05, 0.1) is 11.2 Å². The predicted molar refractivity (Wildman–Crippen MR) is 74.4 cm³/mol. The molecule has 1 heterocycles. The number of allylic oxidation sites excluding steroid dienone is 2. The maximum absolute atomic E-state index is 6.13. The van der Waals surface area contributed by atoms with Gasteiger partial charge in [0.25, 0.3) is 0 Å². The Balaban J connectivity index is 1.73. The molecule has 3 rings (SSSR count). The van der Waals surface area contributed by atoms with Gasteiger partial charge in [-0.05, 0) is 65.7 Å². The van der Waals surface area contributed by atoms with Crippen LogP contribution in [0.4, 0.5) is 0 Å². The van der Waals surface area contributed by atoms with Gasteiger partial charge >= 0.3 is 7.12 Å². The molecule has 1 aliphatic heterocycles. The van der Waals surface area contributed by atoms with E-state index in [1.54, 1.807) is 11.1 Å². The van der Waals surface area contributed by atoms with E-state index in [9.17, 15) is 0 Å². The fourth-order valence-electron chi connectivity index (χ4n) is 3.83. The quantitative estimate of drug-likeness (QED) is 0.546. The van der Waals surface area contributed by atoms with Crippen molar-refractivity contribution in [1.29, 1.82) is 0 Å². The molecule has 1 saturated carbocycles. The molecule has 0 aromatic carbocycles. The molecule has 0 N–H and O–H groups in total. The lowest BCUT2D eigenvalue weighted by molar-refractivity contribution is 0.00578. The topological polar surface area (TPSA) is 18.5 Å². The number of hydrogen-bond acceptors (Lipinski definition) is 2. The standard InChI is InChI=1S/C15H25BO2/c1-10-11-6-7-12(8-11)13(10)9-16-17-14(2,3)15(4,5)18-16/h11-12H,6-9H2,1-5H3. The van der Waals surface area contributed by atoms with Crippen LogP contribution in [0.5, 0.6) is 0 Å². The van der Waals surface area contributed by atoms with Crippen LogP contribution >= 0.6 is 0 Å². The number of rotatable bonds is 2. The van der Waals surface area contributed by atoms with E-state index in [-0.39, 0.29) is 18.3 Å². The average Bonchev–Trinajstić information content (AvgIpc) is 2.84. The minimum atomic E-state index is -0.191. The molecule has 2 aliphatic carbocycles. The van der Waals surface area contributed by atoms with Crippen molar-refractivity contribution in [2.24, 2.45) is 11.8 Å². The molecule has 2 atom stereocenters. The van der Waals surface area contributed by atoms with Crippen LogP contribution < -0.4 is 0 Å². The molecule has 2 unspecified atom stereocenters. The minimum absolute atomic E-state index is 0.0423. The zero-order valence-electron chi connectivity index (χ0n) is 12.4. The van der Waals surface area contributed by atoms with E-state index in [0.29, 0.717) is 0 Å². The Morgan fingerprint density at radius 2 is 1.61 bits per heavy atom. The summed E-state index contributed by atoms with van der Waals surface area (Å²) in [5, 5.41) is 0. The lowest BCUT2D eigenvalue weighted by Gasteiger charge is -2.32. The smallest absolute Gasteiger partial charge is 0.403 e. The molecular weight excluding hydrogens is 223 g/mol. The summed E-state index contributed by atoms with van der Waals surface area (Å²) in [6.45, 7) is 10.9. The monoisotopic (exact) mass is 248 g/mol. The van der Waals surface area contributed by atoms with E-state index in [1.807, 2.05) is 0 Å². The highest BCUT2D eigenvalue weighted by molar-refractivity contribution is 6.46. The first-order chi connectivity index (χ1) is 8.30. The fourth-order valence-corrected chi connectivity index (χ4v) is 3.83. The van der Waals surface area contributed by atoms with Gasteiger partial charge in [-0.1, -0.05) is 11.1 Å². The summed E-state index contributed by atoms with van der Waals surface area (Å²) in [6.07, 6.45) is 5.17. The van der Waals surface area contributed by atoms with Crippen molar-refractivity contribution in [2.75, 3.05) is 0 Å². The van der Waals surface area contributed by atoms with E-state index >= 15 is 0 Å². The van der Waals surface area contributed by atoms with E-state index in [0.717, 1.165) is 18.2 Å². The second kappa shape index (κ2) is 3.86. The average molecular weight is 248 g/mol. The van der Waals surface area contributed by atoms with E-state index in [1.165, 1.54) is 19.3 Å². The molecule has 2 nitrogen and oxygen atoms in total. The summed E-state index contributed by atoms with van der Waals surface area (Å²) in [7, 11) is -0.0423. The summed E-state index contributed by atoms with van der Waals surface area (Å²) >= 11 is 0. The maximum Gasteiger partial charge on any atom is 0.462 e. The van der Waals surface area contributed by atoms with Gasteiger partial charge in [0.2, 0.25) is 0 Å². The first-order valence-corrected chi connectivity index (χ1v) is 7.35. The van der Waals surface area contributed by atoms with E-state index < -0.39 is 0 Å². The molecule has 3 heteroatoms. The van der Waals surface area contributed by atoms with Gasteiger partial charge < -0.3 is 9.31 Å². The third-order valence-electron chi connectivity index (χ3n) is 5.73. The first kappa shape index (κ1) is 12.7. The second-order valence-electron chi connectivity index (χ2n) is 7.31. The Morgan fingerprint density at radius 3 is 2.11 bits per heavy atom. The maximum atomic E-state index is 6.13. The van der Waals surface area contributed by atoms with E-state index in [2.05, 4.69) is 34.6 Å². The van der Waals surface area contributed by atoms with E-state index in [4.69, 9.17) is 9.31 Å². The van der Waals surface area contributed by atoms with Gasteiger partial charge in [-0.15, -0.1) is 0 Å². The summed E-state index contributed by atoms with van der Waals surface area (Å²) in [6, 6.07) is 0. The zero-order chi connectivity index (χ0) is 13.1. The van der Waals surface area contributed by atoms with Gasteiger partial charge in [-0.25, -0.2) is 0 Å². The van der Waals surface area contributed by atoms with Crippen LogP contribution in [0.25, 0.3) is 0 Å². The number of fused-ring (bicyclic) bond motifs is 2. The van der Waals surface area contributed by atoms with Crippen molar-refractivity contribution in [2.45, 2.75) is 71.4 Å². The lowest BCUT2D eigenvalue weighted by atomic mass is 9.75. The molecule has 0 aromatic rings. The van der Waals surface area contributed by atoms with Crippen molar-refractivity contribution in [3.63, 3.8) is 0 Å². The van der Waals surface area contributed by atoms with Gasteiger partial charge in [0, 0.05) is 6.32 Å². The third kappa shape index (κ3) is 1.78. The summed E-state index contributed by atoms with van der Waals surface area (Å²) < 4.78 is 12.3. The Labute approximate surface area is 111 Å². The number of hydrogen-bond donors (Lipinski definition) is 0. The summed E-state index contributed by atoms with van der Waals surface area (Å²) in [5.41, 5.74) is 2.90. The SMILES string of the molecule is CC1=C(CB2OC(C)(C)C(C)(C)O2)C2CCC1C2. The molecule has 0 amide bonds. The Hall–Kier alpha value is -0.275. The molecule has 100 valence electrons. The van der Waals surface area contributed by atoms with Crippen LogP contribution in [0, 0.1) is 11.8 Å². The lowest BCUT2D eigenvalue weighted by Crippen LogP contribution is -2.41. The predicted octanol–water partition coefficient (Wildman–Crippen LogP) is 3.83.